The number of fused-ring (bicyclic) bond motifs is 2. The number of imidazole rings is 1. The van der Waals surface area contributed by atoms with E-state index in [1.165, 1.54) is 6.33 Å². The quantitative estimate of drug-likeness (QED) is 0.282. The normalized spacial score (nSPS) is 25.9. The molecule has 0 bridgehead atoms. The number of amides is 2. The largest absolute Gasteiger partial charge is 0.396 e. The van der Waals surface area contributed by atoms with Crippen LogP contribution in [0.5, 0.6) is 0 Å². The van der Waals surface area contributed by atoms with Crippen molar-refractivity contribution in [2.24, 2.45) is 0 Å². The number of carbonyl (C=O) groups is 1. The summed E-state index contributed by atoms with van der Waals surface area (Å²) in [5.41, 5.74) is 1.97. The molecule has 11 nitrogen and oxygen atoms in total. The zero-order valence-corrected chi connectivity index (χ0v) is 21.0. The summed E-state index contributed by atoms with van der Waals surface area (Å²) in [6, 6.07) is 9.52. The lowest BCUT2D eigenvalue weighted by Gasteiger charge is -2.20. The lowest BCUT2D eigenvalue weighted by molar-refractivity contribution is -0.128. The maximum Gasteiger partial charge on any atom is 0.320 e. The summed E-state index contributed by atoms with van der Waals surface area (Å²) in [6.07, 6.45) is 3.25. The van der Waals surface area contributed by atoms with Gasteiger partial charge in [0.05, 0.1) is 6.10 Å². The van der Waals surface area contributed by atoms with Crippen LogP contribution in [0.3, 0.4) is 0 Å². The van der Waals surface area contributed by atoms with E-state index in [1.807, 2.05) is 54.0 Å². The van der Waals surface area contributed by atoms with E-state index in [1.54, 1.807) is 0 Å². The summed E-state index contributed by atoms with van der Waals surface area (Å²) in [5.74, 6) is 0.298. The fourth-order valence-corrected chi connectivity index (χ4v) is 5.03. The van der Waals surface area contributed by atoms with Crippen LogP contribution >= 0.6 is 22.6 Å². The van der Waals surface area contributed by atoms with Crippen molar-refractivity contribution < 1.29 is 24.1 Å². The molecule has 12 heteroatoms. The Bertz CT molecular complexity index is 1220. The number of aliphatic hydroxyl groups is 1. The topological polar surface area (TPSA) is 133 Å². The standard InChI is InChI=1S/C23H25IN6O5/c1-2-25-23(32)29-19-16-20(27-12-26-19)30(22(24)28-16)21-18-17(14(33-21)10-11-31)34-15(35-18)9-8-13-6-4-3-5-7-13/h3-9,12,14-15,17-18,21,31H,2,10-11H2,1H3,(H2,25,26,27,29,32)/b9-8+. The predicted octanol–water partition coefficient (Wildman–Crippen LogP) is 2.68. The third-order valence-corrected chi connectivity index (χ3v) is 6.55. The fraction of sp³-hybridized carbons (Fsp3) is 0.391. The van der Waals surface area contributed by atoms with Crippen LogP contribution in [0.2, 0.25) is 0 Å². The number of aromatic nitrogens is 4. The highest BCUT2D eigenvalue weighted by molar-refractivity contribution is 14.1. The lowest BCUT2D eigenvalue weighted by Crippen LogP contribution is -2.29. The third kappa shape index (κ3) is 4.89. The number of hydrogen-bond acceptors (Lipinski definition) is 8. The predicted molar refractivity (Wildman–Crippen MR) is 135 cm³/mol. The van der Waals surface area contributed by atoms with Gasteiger partial charge >= 0.3 is 6.03 Å². The number of hydrogen-bond donors (Lipinski definition) is 3. The van der Waals surface area contributed by atoms with Crippen LogP contribution in [-0.2, 0) is 14.2 Å². The number of aliphatic hydroxyl groups excluding tert-OH is 1. The monoisotopic (exact) mass is 592 g/mol. The first-order chi connectivity index (χ1) is 17.1. The summed E-state index contributed by atoms with van der Waals surface area (Å²) in [6.45, 7) is 2.27. The van der Waals surface area contributed by atoms with E-state index in [-0.39, 0.29) is 24.8 Å². The number of rotatable bonds is 7. The summed E-state index contributed by atoms with van der Waals surface area (Å²) in [4.78, 5) is 25.3. The number of benzene rings is 1. The molecular formula is C23H25IN6O5. The van der Waals surface area contributed by atoms with E-state index >= 15 is 0 Å². The first kappa shape index (κ1) is 24.1. The second-order valence-electron chi connectivity index (χ2n) is 8.05. The molecule has 2 aliphatic rings. The highest BCUT2D eigenvalue weighted by Crippen LogP contribution is 2.42. The number of anilines is 1. The van der Waals surface area contributed by atoms with Crippen molar-refractivity contribution in [2.45, 2.75) is 44.2 Å². The molecule has 0 spiro atoms. The third-order valence-electron chi connectivity index (χ3n) is 5.78. The van der Waals surface area contributed by atoms with Crippen molar-refractivity contribution in [3.63, 3.8) is 0 Å². The zero-order chi connectivity index (χ0) is 24.4. The van der Waals surface area contributed by atoms with Gasteiger partial charge in [0.1, 0.15) is 18.5 Å². The molecule has 35 heavy (non-hydrogen) atoms. The first-order valence-electron chi connectivity index (χ1n) is 11.3. The number of urea groups is 1. The highest BCUT2D eigenvalue weighted by Gasteiger charge is 2.53. The number of ether oxygens (including phenoxy) is 3. The van der Waals surface area contributed by atoms with E-state index in [4.69, 9.17) is 14.2 Å². The Hall–Kier alpha value is -2.65. The second-order valence-corrected chi connectivity index (χ2v) is 9.01. The van der Waals surface area contributed by atoms with Gasteiger partial charge in [-0.15, -0.1) is 0 Å². The van der Waals surface area contributed by atoms with Gasteiger partial charge in [0.2, 0.25) is 0 Å². The van der Waals surface area contributed by atoms with Crippen LogP contribution in [0.15, 0.2) is 42.7 Å². The summed E-state index contributed by atoms with van der Waals surface area (Å²) in [5, 5.41) is 15.0. The fourth-order valence-electron chi connectivity index (χ4n) is 4.28. The van der Waals surface area contributed by atoms with Gasteiger partial charge in [-0.2, -0.15) is 0 Å². The molecule has 5 unspecified atom stereocenters. The van der Waals surface area contributed by atoms with E-state index < -0.39 is 18.6 Å². The minimum absolute atomic E-state index is 0.0426. The van der Waals surface area contributed by atoms with E-state index in [9.17, 15) is 9.90 Å². The van der Waals surface area contributed by atoms with Gasteiger partial charge in [0, 0.05) is 35.7 Å². The highest BCUT2D eigenvalue weighted by atomic mass is 127. The SMILES string of the molecule is CCNC(=O)Nc1ncnc2c1nc(I)n2C1OC(CCO)C2OC(/C=C/c3ccccc3)OC21. The van der Waals surface area contributed by atoms with E-state index in [2.05, 4.69) is 48.2 Å². The number of nitrogens with one attached hydrogen (secondary N) is 2. The minimum atomic E-state index is -0.587. The molecule has 2 saturated heterocycles. The van der Waals surface area contributed by atoms with Crippen molar-refractivity contribution in [1.29, 1.82) is 0 Å². The molecule has 0 aliphatic carbocycles. The Morgan fingerprint density at radius 1 is 1.20 bits per heavy atom. The Labute approximate surface area is 215 Å². The molecule has 2 aliphatic heterocycles. The van der Waals surface area contributed by atoms with Crippen LogP contribution in [0, 0.1) is 3.83 Å². The first-order valence-corrected chi connectivity index (χ1v) is 12.4. The van der Waals surface area contributed by atoms with Gasteiger partial charge in [0.15, 0.2) is 33.3 Å². The molecule has 2 aromatic heterocycles. The van der Waals surface area contributed by atoms with Gasteiger partial charge < -0.3 is 24.6 Å². The molecule has 3 aromatic rings. The van der Waals surface area contributed by atoms with E-state index in [0.29, 0.717) is 33.8 Å². The van der Waals surface area contributed by atoms with Crippen molar-refractivity contribution in [3.8, 4) is 0 Å². The van der Waals surface area contributed by atoms with Crippen molar-refractivity contribution >= 4 is 51.7 Å². The van der Waals surface area contributed by atoms with Crippen molar-refractivity contribution in [2.75, 3.05) is 18.5 Å². The maximum atomic E-state index is 12.1. The summed E-state index contributed by atoms with van der Waals surface area (Å²) in [7, 11) is 0. The molecule has 4 heterocycles. The van der Waals surface area contributed by atoms with Crippen molar-refractivity contribution in [1.82, 2.24) is 24.8 Å². The zero-order valence-electron chi connectivity index (χ0n) is 18.9. The average molecular weight is 592 g/mol. The smallest absolute Gasteiger partial charge is 0.320 e. The number of nitrogens with zero attached hydrogens (tertiary/aromatic N) is 4. The second kappa shape index (κ2) is 10.5. The Balaban J connectivity index is 1.44. The van der Waals surface area contributed by atoms with Gasteiger partial charge in [-0.25, -0.2) is 19.7 Å². The van der Waals surface area contributed by atoms with Gasteiger partial charge in [-0.05, 0) is 25.0 Å². The van der Waals surface area contributed by atoms with Gasteiger partial charge in [-0.1, -0.05) is 36.4 Å². The minimum Gasteiger partial charge on any atom is -0.396 e. The Morgan fingerprint density at radius 2 is 2.00 bits per heavy atom. The molecule has 2 fully saturated rings. The maximum absolute atomic E-state index is 12.1. The van der Waals surface area contributed by atoms with Gasteiger partial charge in [0.25, 0.3) is 0 Å². The molecular weight excluding hydrogens is 567 g/mol. The molecule has 5 rings (SSSR count). The van der Waals surface area contributed by atoms with Crippen LogP contribution in [0.4, 0.5) is 10.6 Å². The molecule has 5 atom stereocenters. The van der Waals surface area contributed by atoms with Crippen LogP contribution in [0.1, 0.15) is 25.1 Å². The average Bonchev–Trinajstić information content (AvgIpc) is 3.51. The lowest BCUT2D eigenvalue weighted by atomic mass is 10.1. The number of carbonyl (C=O) groups excluding carboxylic acids is 1. The molecule has 0 saturated carbocycles. The van der Waals surface area contributed by atoms with Crippen LogP contribution < -0.4 is 10.6 Å². The number of halogens is 1. The molecule has 0 radical (unpaired) electrons. The molecule has 3 N–H and O–H groups in total. The van der Waals surface area contributed by atoms with Crippen LogP contribution in [-0.4, -0.2) is 68.4 Å². The summed E-state index contributed by atoms with van der Waals surface area (Å²) < 4.78 is 21.1. The van der Waals surface area contributed by atoms with Crippen molar-refractivity contribution in [3.05, 3.63) is 52.1 Å². The Kier molecular flexibility index (Phi) is 7.24. The van der Waals surface area contributed by atoms with Crippen LogP contribution in [0.25, 0.3) is 17.2 Å². The Morgan fingerprint density at radius 3 is 2.77 bits per heavy atom. The molecule has 1 aromatic carbocycles. The van der Waals surface area contributed by atoms with E-state index in [0.717, 1.165) is 5.56 Å². The van der Waals surface area contributed by atoms with Gasteiger partial charge in [-0.3, -0.25) is 9.88 Å². The summed E-state index contributed by atoms with van der Waals surface area (Å²) >= 11 is 2.10. The molecule has 2 amide bonds. The molecule has 184 valence electrons.